The van der Waals surface area contributed by atoms with Crippen LogP contribution in [0.1, 0.15) is 22.4 Å². The summed E-state index contributed by atoms with van der Waals surface area (Å²) in [7, 11) is -4.00. The first-order valence-corrected chi connectivity index (χ1v) is 12.2. The molecule has 5 N–H and O–H groups in total. The number of pyridine rings is 1. The fraction of sp³-hybridized carbons (Fsp3) is 0.217. The zero-order valence-electron chi connectivity index (χ0n) is 19.2. The molecule has 0 fully saturated rings. The number of nitro groups is 1. The average molecular weight is 499 g/mol. The number of aryl methyl sites for hydroxylation is 2. The Morgan fingerprint density at radius 3 is 2.29 bits per heavy atom. The van der Waals surface area contributed by atoms with Gasteiger partial charge in [0.2, 0.25) is 5.82 Å². The summed E-state index contributed by atoms with van der Waals surface area (Å²) in [6.45, 7) is 3.90. The smallest absolute Gasteiger partial charge is 0.328 e. The number of amides is 2. The van der Waals surface area contributed by atoms with Crippen LogP contribution in [0.5, 0.6) is 0 Å². The normalized spacial score (nSPS) is 11.1. The molecule has 0 saturated carbocycles. The van der Waals surface area contributed by atoms with Crippen LogP contribution in [0.25, 0.3) is 0 Å². The lowest BCUT2D eigenvalue weighted by Crippen LogP contribution is -2.40. The van der Waals surface area contributed by atoms with Crippen LogP contribution in [0.15, 0.2) is 59.5 Å². The first kappa shape index (κ1) is 25.6. The molecule has 0 radical (unpaired) electrons. The molecule has 2 aromatic carbocycles. The third-order valence-electron chi connectivity index (χ3n) is 5.11. The Balaban J connectivity index is 1.54. The molecule has 0 atom stereocenters. The maximum absolute atomic E-state index is 12.3. The van der Waals surface area contributed by atoms with Crippen molar-refractivity contribution in [3.05, 3.63) is 87.1 Å². The van der Waals surface area contributed by atoms with E-state index >= 15 is 0 Å². The van der Waals surface area contributed by atoms with E-state index in [1.54, 1.807) is 56.3 Å². The molecule has 1 aromatic heterocycles. The summed E-state index contributed by atoms with van der Waals surface area (Å²) in [4.78, 5) is 27.2. The van der Waals surface area contributed by atoms with Crippen LogP contribution in [0, 0.1) is 24.0 Å². The number of sulfonamides is 1. The summed E-state index contributed by atoms with van der Waals surface area (Å²) in [6.07, 6.45) is 0.445. The third-order valence-corrected chi connectivity index (χ3v) is 6.45. The van der Waals surface area contributed by atoms with Crippen molar-refractivity contribution in [3.8, 4) is 0 Å². The Labute approximate surface area is 203 Å². The highest BCUT2D eigenvalue weighted by molar-refractivity contribution is 7.90. The second-order valence-corrected chi connectivity index (χ2v) is 9.50. The van der Waals surface area contributed by atoms with Crippen LogP contribution in [0.4, 0.5) is 22.0 Å². The summed E-state index contributed by atoms with van der Waals surface area (Å²) in [5.74, 6) is 0.164. The maximum Gasteiger partial charge on any atom is 0.328 e. The highest BCUT2D eigenvalue weighted by Gasteiger charge is 2.20. The topological polar surface area (TPSA) is 169 Å². The molecule has 1 heterocycles. The standard InChI is InChI=1S/C23H26N6O5S/c1-15-13-16(2)26-22(21(15)29(31)32)27-19-7-3-17(4-8-19)11-12-25-23(30)28-35(33,34)20-9-5-18(14-24)6-10-20/h3-10,13H,11-12,14,24H2,1-2H3,(H,26,27)(H2,25,28,30). The van der Waals surface area contributed by atoms with Crippen molar-refractivity contribution in [3.63, 3.8) is 0 Å². The van der Waals surface area contributed by atoms with Crippen molar-refractivity contribution >= 4 is 33.2 Å². The van der Waals surface area contributed by atoms with Crippen LogP contribution in [0.2, 0.25) is 0 Å². The minimum absolute atomic E-state index is 0.0357. The second kappa shape index (κ2) is 10.9. The quantitative estimate of drug-likeness (QED) is 0.258. The molecule has 0 spiro atoms. The second-order valence-electron chi connectivity index (χ2n) is 7.82. The Morgan fingerprint density at radius 2 is 1.69 bits per heavy atom. The number of hydrogen-bond acceptors (Lipinski definition) is 8. The van der Waals surface area contributed by atoms with Crippen molar-refractivity contribution in [1.29, 1.82) is 0 Å². The lowest BCUT2D eigenvalue weighted by Gasteiger charge is -2.11. The number of hydrogen-bond donors (Lipinski definition) is 4. The van der Waals surface area contributed by atoms with E-state index in [4.69, 9.17) is 5.73 Å². The fourth-order valence-corrected chi connectivity index (χ4v) is 4.31. The molecule has 0 aliphatic rings. The fourth-order valence-electron chi connectivity index (χ4n) is 3.38. The molecule has 2 amide bonds. The minimum Gasteiger partial charge on any atom is -0.337 e. The van der Waals surface area contributed by atoms with Gasteiger partial charge in [0.1, 0.15) is 0 Å². The van der Waals surface area contributed by atoms with Crippen LogP contribution >= 0.6 is 0 Å². The van der Waals surface area contributed by atoms with Crippen LogP contribution in [-0.2, 0) is 23.0 Å². The predicted molar refractivity (Wildman–Crippen MR) is 132 cm³/mol. The van der Waals surface area contributed by atoms with Gasteiger partial charge in [-0.25, -0.2) is 22.9 Å². The number of carbonyl (C=O) groups excluding carboxylic acids is 1. The first-order valence-electron chi connectivity index (χ1n) is 10.7. The van der Waals surface area contributed by atoms with Crippen molar-refractivity contribution < 1.29 is 18.1 Å². The van der Waals surface area contributed by atoms with Gasteiger partial charge in [-0.15, -0.1) is 0 Å². The molecule has 35 heavy (non-hydrogen) atoms. The Morgan fingerprint density at radius 1 is 1.06 bits per heavy atom. The molecule has 0 bridgehead atoms. The third kappa shape index (κ3) is 6.74. The number of nitrogens with one attached hydrogen (secondary N) is 3. The molecule has 0 aliphatic carbocycles. The van der Waals surface area contributed by atoms with Crippen molar-refractivity contribution in [1.82, 2.24) is 15.0 Å². The lowest BCUT2D eigenvalue weighted by atomic mass is 10.1. The molecule has 0 aliphatic heterocycles. The molecule has 184 valence electrons. The summed E-state index contributed by atoms with van der Waals surface area (Å²) in [5.41, 5.74) is 8.86. The van der Waals surface area contributed by atoms with E-state index in [-0.39, 0.29) is 29.5 Å². The Hall–Kier alpha value is -4.03. The van der Waals surface area contributed by atoms with Crippen LogP contribution in [-0.4, -0.2) is 30.9 Å². The van der Waals surface area contributed by atoms with Gasteiger partial charge in [0, 0.05) is 30.0 Å². The molecule has 0 unspecified atom stereocenters. The number of anilines is 2. The lowest BCUT2D eigenvalue weighted by molar-refractivity contribution is -0.384. The van der Waals surface area contributed by atoms with Gasteiger partial charge in [0.15, 0.2) is 0 Å². The number of urea groups is 1. The first-order chi connectivity index (χ1) is 16.6. The van der Waals surface area contributed by atoms with Gasteiger partial charge in [-0.1, -0.05) is 24.3 Å². The number of nitrogens with zero attached hydrogens (tertiary/aromatic N) is 2. The summed E-state index contributed by atoms with van der Waals surface area (Å²) in [5, 5.41) is 16.9. The average Bonchev–Trinajstić information content (AvgIpc) is 2.79. The molecule has 0 saturated heterocycles. The van der Waals surface area contributed by atoms with Crippen molar-refractivity contribution in [2.24, 2.45) is 5.73 Å². The van der Waals surface area contributed by atoms with E-state index in [2.05, 4.69) is 15.6 Å². The molecule has 3 aromatic rings. The van der Waals surface area contributed by atoms with E-state index in [9.17, 15) is 23.3 Å². The Bertz CT molecular complexity index is 1330. The van der Waals surface area contributed by atoms with E-state index in [0.29, 0.717) is 23.4 Å². The number of aromatic nitrogens is 1. The van der Waals surface area contributed by atoms with Crippen LogP contribution in [0.3, 0.4) is 0 Å². The Kier molecular flexibility index (Phi) is 7.99. The molecular formula is C23H26N6O5S. The molecule has 11 nitrogen and oxygen atoms in total. The minimum atomic E-state index is -4.00. The van der Waals surface area contributed by atoms with E-state index in [1.165, 1.54) is 12.1 Å². The zero-order valence-corrected chi connectivity index (χ0v) is 20.1. The highest BCUT2D eigenvalue weighted by Crippen LogP contribution is 2.29. The molecule has 3 rings (SSSR count). The molecular weight excluding hydrogens is 472 g/mol. The van der Waals surface area contributed by atoms with E-state index in [1.807, 2.05) is 4.72 Å². The van der Waals surface area contributed by atoms with E-state index in [0.717, 1.165) is 11.1 Å². The van der Waals surface area contributed by atoms with Crippen LogP contribution < -0.4 is 21.1 Å². The van der Waals surface area contributed by atoms with Gasteiger partial charge < -0.3 is 16.4 Å². The number of benzene rings is 2. The van der Waals surface area contributed by atoms with Gasteiger partial charge in [0.25, 0.3) is 10.0 Å². The molecule has 12 heteroatoms. The summed E-state index contributed by atoms with van der Waals surface area (Å²) in [6, 6.07) is 13.8. The monoisotopic (exact) mass is 498 g/mol. The highest BCUT2D eigenvalue weighted by atomic mass is 32.2. The van der Waals surface area contributed by atoms with Gasteiger partial charge >= 0.3 is 11.7 Å². The number of rotatable bonds is 9. The summed E-state index contributed by atoms with van der Waals surface area (Å²) >= 11 is 0. The SMILES string of the molecule is Cc1cc(C)c([N+](=O)[O-])c(Nc2ccc(CCNC(=O)NS(=O)(=O)c3ccc(CN)cc3)cc2)n1. The predicted octanol–water partition coefficient (Wildman–Crippen LogP) is 3.04. The largest absolute Gasteiger partial charge is 0.337 e. The zero-order chi connectivity index (χ0) is 25.6. The summed E-state index contributed by atoms with van der Waals surface area (Å²) < 4.78 is 26.6. The van der Waals surface area contributed by atoms with Gasteiger partial charge in [-0.2, -0.15) is 0 Å². The van der Waals surface area contributed by atoms with Gasteiger partial charge in [-0.3, -0.25) is 10.1 Å². The van der Waals surface area contributed by atoms with Gasteiger partial charge in [-0.05, 0) is 61.7 Å². The van der Waals surface area contributed by atoms with Crippen molar-refractivity contribution in [2.75, 3.05) is 11.9 Å². The van der Waals surface area contributed by atoms with Crippen molar-refractivity contribution in [2.45, 2.75) is 31.7 Å². The maximum atomic E-state index is 12.3. The number of carbonyl (C=O) groups is 1. The number of nitrogens with two attached hydrogens (primary N) is 1. The van der Waals surface area contributed by atoms with E-state index < -0.39 is 21.0 Å². The van der Waals surface area contributed by atoms with Gasteiger partial charge in [0.05, 0.1) is 9.82 Å².